The summed E-state index contributed by atoms with van der Waals surface area (Å²) in [6.45, 7) is 0.564. The fraction of sp³-hybridized carbons (Fsp3) is 0.276. The SMILES string of the molecule is O=C(Nc1ccc(OC(F)(F)F)cc1)Nc1ccccc1N1CCC(O)(c2ccccc2)C2CCCC=C21. The average Bonchev–Trinajstić information content (AvgIpc) is 2.90. The number of carbonyl (C=O) groups excluding carboxylic acids is 1. The number of aliphatic hydroxyl groups is 1. The van der Waals surface area contributed by atoms with Gasteiger partial charge in [-0.05, 0) is 67.6 Å². The molecule has 2 atom stereocenters. The molecule has 198 valence electrons. The number of urea groups is 1. The third kappa shape index (κ3) is 5.47. The van der Waals surface area contributed by atoms with Crippen LogP contribution in [0.4, 0.5) is 35.0 Å². The van der Waals surface area contributed by atoms with E-state index in [2.05, 4.69) is 26.3 Å². The highest BCUT2D eigenvalue weighted by Gasteiger charge is 2.46. The minimum absolute atomic E-state index is 0.0771. The standard InChI is InChI=1S/C29H28F3N3O3/c30-29(31,32)38-22-16-14-21(15-17-22)33-27(36)34-24-11-5-7-13-26(24)35-19-18-28(37,20-8-2-1-3-9-20)23-10-4-6-12-25(23)35/h1-3,5,7-9,11-17,23,37H,4,6,10,18-19H2,(H2,33,34,36). The summed E-state index contributed by atoms with van der Waals surface area (Å²) in [5, 5.41) is 17.4. The van der Waals surface area contributed by atoms with E-state index in [1.165, 1.54) is 12.1 Å². The Morgan fingerprint density at radius 1 is 0.974 bits per heavy atom. The van der Waals surface area contributed by atoms with Crippen LogP contribution in [-0.2, 0) is 5.60 Å². The Morgan fingerprint density at radius 2 is 1.68 bits per heavy atom. The van der Waals surface area contributed by atoms with Crippen molar-refractivity contribution in [3.63, 3.8) is 0 Å². The Morgan fingerprint density at radius 3 is 2.42 bits per heavy atom. The number of allylic oxidation sites excluding steroid dienone is 1. The number of ether oxygens (including phenoxy) is 1. The van der Waals surface area contributed by atoms with Crippen LogP contribution in [0.5, 0.6) is 5.75 Å². The zero-order valence-electron chi connectivity index (χ0n) is 20.5. The summed E-state index contributed by atoms with van der Waals surface area (Å²) in [4.78, 5) is 15.0. The molecular formula is C29H28F3N3O3. The molecule has 5 rings (SSSR count). The number of rotatable bonds is 5. The van der Waals surface area contributed by atoms with Gasteiger partial charge >= 0.3 is 12.4 Å². The molecule has 0 spiro atoms. The van der Waals surface area contributed by atoms with Crippen LogP contribution in [-0.4, -0.2) is 24.0 Å². The number of halogens is 3. The largest absolute Gasteiger partial charge is 0.573 e. The molecule has 0 saturated carbocycles. The zero-order valence-corrected chi connectivity index (χ0v) is 20.5. The van der Waals surface area contributed by atoms with Crippen molar-refractivity contribution in [2.75, 3.05) is 22.1 Å². The normalized spacial score (nSPS) is 21.2. The molecule has 3 N–H and O–H groups in total. The van der Waals surface area contributed by atoms with Gasteiger partial charge in [-0.2, -0.15) is 0 Å². The molecule has 9 heteroatoms. The predicted octanol–water partition coefficient (Wildman–Crippen LogP) is 7.01. The first kappa shape index (κ1) is 25.7. The summed E-state index contributed by atoms with van der Waals surface area (Å²) in [6.07, 6.45) is 0.698. The highest BCUT2D eigenvalue weighted by Crippen LogP contribution is 2.49. The fourth-order valence-electron chi connectivity index (χ4n) is 5.40. The summed E-state index contributed by atoms with van der Waals surface area (Å²) in [5.41, 5.74) is 2.70. The first-order chi connectivity index (χ1) is 18.2. The van der Waals surface area contributed by atoms with E-state index in [-0.39, 0.29) is 11.7 Å². The molecule has 0 radical (unpaired) electrons. The van der Waals surface area contributed by atoms with Crippen LogP contribution < -0.4 is 20.3 Å². The van der Waals surface area contributed by atoms with Crippen molar-refractivity contribution >= 4 is 23.1 Å². The van der Waals surface area contributed by atoms with Crippen LogP contribution in [0.2, 0.25) is 0 Å². The molecule has 6 nitrogen and oxygen atoms in total. The number of benzene rings is 3. The Kier molecular flexibility index (Phi) is 7.03. The quantitative estimate of drug-likeness (QED) is 0.336. The maximum absolute atomic E-state index is 12.8. The lowest BCUT2D eigenvalue weighted by Gasteiger charge is -2.49. The van der Waals surface area contributed by atoms with E-state index in [1.807, 2.05) is 48.5 Å². The number of nitrogens with zero attached hydrogens (tertiary/aromatic N) is 1. The smallest absolute Gasteiger partial charge is 0.406 e. The monoisotopic (exact) mass is 523 g/mol. The summed E-state index contributed by atoms with van der Waals surface area (Å²) < 4.78 is 41.1. The topological polar surface area (TPSA) is 73.8 Å². The molecular weight excluding hydrogens is 495 g/mol. The number of amides is 2. The molecule has 1 saturated heterocycles. The van der Waals surface area contributed by atoms with Crippen molar-refractivity contribution in [2.24, 2.45) is 5.92 Å². The van der Waals surface area contributed by atoms with E-state index in [0.29, 0.717) is 24.3 Å². The lowest BCUT2D eigenvalue weighted by molar-refractivity contribution is -0.274. The lowest BCUT2D eigenvalue weighted by atomic mass is 9.70. The number of carbonyl (C=O) groups is 1. The molecule has 2 aliphatic rings. The Hall–Kier alpha value is -3.98. The van der Waals surface area contributed by atoms with E-state index >= 15 is 0 Å². The maximum atomic E-state index is 12.8. The maximum Gasteiger partial charge on any atom is 0.573 e. The molecule has 1 fully saturated rings. The number of alkyl halides is 3. The third-order valence-corrected chi connectivity index (χ3v) is 7.07. The number of hydrogen-bond acceptors (Lipinski definition) is 4. The van der Waals surface area contributed by atoms with Gasteiger partial charge in [0.1, 0.15) is 5.75 Å². The van der Waals surface area contributed by atoms with Crippen LogP contribution in [0.1, 0.15) is 31.2 Å². The molecule has 1 aliphatic carbocycles. The van der Waals surface area contributed by atoms with Crippen molar-refractivity contribution in [1.82, 2.24) is 0 Å². The highest BCUT2D eigenvalue weighted by atomic mass is 19.4. The van der Waals surface area contributed by atoms with Crippen LogP contribution in [0, 0.1) is 5.92 Å². The second-order valence-corrected chi connectivity index (χ2v) is 9.47. The number of anilines is 3. The highest BCUT2D eigenvalue weighted by molar-refractivity contribution is 6.02. The Balaban J connectivity index is 1.34. The molecule has 1 heterocycles. The molecule has 2 amide bonds. The number of piperidine rings is 1. The minimum atomic E-state index is -4.78. The van der Waals surface area contributed by atoms with Gasteiger partial charge in [-0.15, -0.1) is 13.2 Å². The second-order valence-electron chi connectivity index (χ2n) is 9.47. The molecule has 1 aliphatic heterocycles. The van der Waals surface area contributed by atoms with Crippen molar-refractivity contribution in [3.8, 4) is 5.75 Å². The van der Waals surface area contributed by atoms with Gasteiger partial charge < -0.3 is 25.4 Å². The van der Waals surface area contributed by atoms with E-state index in [4.69, 9.17) is 0 Å². The molecule has 0 aromatic heterocycles. The van der Waals surface area contributed by atoms with Crippen LogP contribution >= 0.6 is 0 Å². The third-order valence-electron chi connectivity index (χ3n) is 7.07. The first-order valence-electron chi connectivity index (χ1n) is 12.5. The van der Waals surface area contributed by atoms with Gasteiger partial charge in [0, 0.05) is 23.8 Å². The minimum Gasteiger partial charge on any atom is -0.406 e. The molecule has 0 bridgehead atoms. The van der Waals surface area contributed by atoms with Gasteiger partial charge in [-0.1, -0.05) is 48.5 Å². The number of hydrogen-bond donors (Lipinski definition) is 3. The van der Waals surface area contributed by atoms with Crippen LogP contribution in [0.25, 0.3) is 0 Å². The second kappa shape index (κ2) is 10.4. The van der Waals surface area contributed by atoms with Crippen molar-refractivity contribution < 1.29 is 27.8 Å². The van der Waals surface area contributed by atoms with E-state index in [1.54, 1.807) is 6.07 Å². The van der Waals surface area contributed by atoms with Crippen molar-refractivity contribution in [3.05, 3.63) is 96.2 Å². The van der Waals surface area contributed by atoms with Gasteiger partial charge in [-0.25, -0.2) is 4.79 Å². The van der Waals surface area contributed by atoms with Gasteiger partial charge in [0.05, 0.1) is 17.0 Å². The molecule has 38 heavy (non-hydrogen) atoms. The predicted molar refractivity (Wildman–Crippen MR) is 140 cm³/mol. The van der Waals surface area contributed by atoms with Gasteiger partial charge in [-0.3, -0.25) is 0 Å². The summed E-state index contributed by atoms with van der Waals surface area (Å²) in [6, 6.07) is 21.6. The molecule has 2 unspecified atom stereocenters. The number of nitrogens with one attached hydrogen (secondary N) is 2. The molecule has 3 aromatic rings. The van der Waals surface area contributed by atoms with E-state index < -0.39 is 18.0 Å². The lowest BCUT2D eigenvalue weighted by Crippen LogP contribution is -2.49. The zero-order chi connectivity index (χ0) is 26.8. The van der Waals surface area contributed by atoms with Crippen molar-refractivity contribution in [1.29, 1.82) is 0 Å². The average molecular weight is 524 g/mol. The molecule has 3 aromatic carbocycles. The van der Waals surface area contributed by atoms with Gasteiger partial charge in [0.2, 0.25) is 0 Å². The summed E-state index contributed by atoms with van der Waals surface area (Å²) in [5.74, 6) is -0.448. The van der Waals surface area contributed by atoms with Gasteiger partial charge in [0.15, 0.2) is 0 Å². The summed E-state index contributed by atoms with van der Waals surface area (Å²) in [7, 11) is 0. The van der Waals surface area contributed by atoms with Crippen LogP contribution in [0.15, 0.2) is 90.6 Å². The fourth-order valence-corrected chi connectivity index (χ4v) is 5.40. The van der Waals surface area contributed by atoms with Crippen LogP contribution in [0.3, 0.4) is 0 Å². The number of para-hydroxylation sites is 2. The Bertz CT molecular complexity index is 1310. The van der Waals surface area contributed by atoms with E-state index in [9.17, 15) is 23.1 Å². The summed E-state index contributed by atoms with van der Waals surface area (Å²) >= 11 is 0. The Labute approximate surface area is 218 Å². The van der Waals surface area contributed by atoms with E-state index in [0.717, 1.165) is 48.3 Å². The number of fused-ring (bicyclic) bond motifs is 1. The van der Waals surface area contributed by atoms with Gasteiger partial charge in [0.25, 0.3) is 0 Å². The van der Waals surface area contributed by atoms with Crippen molar-refractivity contribution in [2.45, 2.75) is 37.6 Å². The first-order valence-corrected chi connectivity index (χ1v) is 12.5.